The van der Waals surface area contributed by atoms with Gasteiger partial charge >= 0.3 is 18.3 Å². The third-order valence-electron chi connectivity index (χ3n) is 5.80. The number of anilines is 2. The van der Waals surface area contributed by atoms with Gasteiger partial charge in [-0.25, -0.2) is 23.8 Å². The highest BCUT2D eigenvalue weighted by Gasteiger charge is 2.48. The van der Waals surface area contributed by atoms with Crippen LogP contribution in [-0.2, 0) is 20.6 Å². The third-order valence-corrected chi connectivity index (χ3v) is 5.80. The SMILES string of the molecule is COC(=O)NC[C@@H]1OC(=O)N2c3cc(F)c(-c4ccc(N5CCOC5=O)nc4)cc3C[C@@H]12. The van der Waals surface area contributed by atoms with Crippen molar-refractivity contribution in [3.63, 3.8) is 0 Å². The summed E-state index contributed by atoms with van der Waals surface area (Å²) in [6.07, 6.45) is -0.298. The van der Waals surface area contributed by atoms with E-state index < -0.39 is 30.2 Å². The number of benzene rings is 1. The molecule has 0 unspecified atom stereocenters. The number of halogens is 1. The monoisotopic (exact) mass is 442 g/mol. The Morgan fingerprint density at radius 3 is 2.84 bits per heavy atom. The van der Waals surface area contributed by atoms with E-state index in [1.807, 2.05) is 0 Å². The van der Waals surface area contributed by atoms with E-state index in [4.69, 9.17) is 9.47 Å². The van der Waals surface area contributed by atoms with Crippen molar-refractivity contribution in [2.24, 2.45) is 0 Å². The van der Waals surface area contributed by atoms with E-state index in [-0.39, 0.29) is 12.6 Å². The van der Waals surface area contributed by atoms with E-state index in [1.54, 1.807) is 18.2 Å². The molecule has 32 heavy (non-hydrogen) atoms. The number of hydrogen-bond donors (Lipinski definition) is 1. The summed E-state index contributed by atoms with van der Waals surface area (Å²) in [5.74, 6) is -0.0781. The molecule has 0 aliphatic carbocycles. The van der Waals surface area contributed by atoms with Crippen molar-refractivity contribution in [3.05, 3.63) is 41.8 Å². The van der Waals surface area contributed by atoms with Crippen molar-refractivity contribution >= 4 is 29.8 Å². The first kappa shape index (κ1) is 20.0. The average molecular weight is 442 g/mol. The molecule has 4 heterocycles. The van der Waals surface area contributed by atoms with Crippen LogP contribution in [0.4, 0.5) is 30.3 Å². The fourth-order valence-electron chi connectivity index (χ4n) is 4.25. The van der Waals surface area contributed by atoms with Gasteiger partial charge in [-0.2, -0.15) is 0 Å². The second kappa shape index (κ2) is 7.66. The molecule has 1 aromatic carbocycles. The van der Waals surface area contributed by atoms with Crippen LogP contribution < -0.4 is 15.1 Å². The van der Waals surface area contributed by atoms with Gasteiger partial charge in [-0.1, -0.05) is 0 Å². The highest BCUT2D eigenvalue weighted by Crippen LogP contribution is 2.41. The van der Waals surface area contributed by atoms with Crippen LogP contribution in [0.1, 0.15) is 5.56 Å². The summed E-state index contributed by atoms with van der Waals surface area (Å²) in [5, 5.41) is 2.53. The smallest absolute Gasteiger partial charge is 0.415 e. The highest BCUT2D eigenvalue weighted by molar-refractivity contribution is 5.94. The lowest BCUT2D eigenvalue weighted by atomic mass is 10.00. The molecular weight excluding hydrogens is 423 g/mol. The van der Waals surface area contributed by atoms with E-state index in [1.165, 1.54) is 29.2 Å². The molecule has 2 fully saturated rings. The first-order chi connectivity index (χ1) is 15.5. The molecular formula is C21H19FN4O6. The molecule has 0 radical (unpaired) electrons. The summed E-state index contributed by atoms with van der Waals surface area (Å²) < 4.78 is 29.8. The molecule has 166 valence electrons. The second-order valence-electron chi connectivity index (χ2n) is 7.57. The number of pyridine rings is 1. The van der Waals surface area contributed by atoms with Crippen LogP contribution in [0.2, 0.25) is 0 Å². The molecule has 0 spiro atoms. The number of fused-ring (bicyclic) bond motifs is 3. The Labute approximate surface area is 181 Å². The van der Waals surface area contributed by atoms with Crippen molar-refractivity contribution in [2.75, 3.05) is 36.6 Å². The molecule has 2 saturated heterocycles. The van der Waals surface area contributed by atoms with Gasteiger partial charge in [-0.3, -0.25) is 9.80 Å². The number of nitrogens with one attached hydrogen (secondary N) is 1. The van der Waals surface area contributed by atoms with Gasteiger partial charge < -0.3 is 19.5 Å². The number of carbonyl (C=O) groups is 3. The molecule has 2 aromatic rings. The topological polar surface area (TPSA) is 110 Å². The van der Waals surface area contributed by atoms with Crippen molar-refractivity contribution in [3.8, 4) is 11.1 Å². The summed E-state index contributed by atoms with van der Waals surface area (Å²) in [6.45, 7) is 0.808. The Balaban J connectivity index is 1.39. The van der Waals surface area contributed by atoms with Crippen LogP contribution in [0.5, 0.6) is 0 Å². The minimum absolute atomic E-state index is 0.0905. The average Bonchev–Trinajstić information content (AvgIpc) is 3.46. The van der Waals surface area contributed by atoms with Crippen LogP contribution in [0, 0.1) is 5.82 Å². The second-order valence-corrected chi connectivity index (χ2v) is 7.57. The van der Waals surface area contributed by atoms with Gasteiger partial charge in [0.2, 0.25) is 0 Å². The van der Waals surface area contributed by atoms with E-state index in [2.05, 4.69) is 15.0 Å². The number of amides is 3. The summed E-state index contributed by atoms with van der Waals surface area (Å²) in [5.41, 5.74) is 2.12. The molecule has 11 heteroatoms. The van der Waals surface area contributed by atoms with E-state index in [0.29, 0.717) is 42.2 Å². The minimum Gasteiger partial charge on any atom is -0.453 e. The van der Waals surface area contributed by atoms with Gasteiger partial charge in [-0.05, 0) is 36.2 Å². The number of alkyl carbamates (subject to hydrolysis) is 1. The van der Waals surface area contributed by atoms with Crippen LogP contribution in [0.15, 0.2) is 30.5 Å². The van der Waals surface area contributed by atoms with E-state index in [0.717, 1.165) is 5.56 Å². The Kier molecular flexibility index (Phi) is 4.80. The van der Waals surface area contributed by atoms with Crippen LogP contribution in [-0.4, -0.2) is 62.2 Å². The van der Waals surface area contributed by atoms with Crippen LogP contribution >= 0.6 is 0 Å². The number of cyclic esters (lactones) is 2. The first-order valence-electron chi connectivity index (χ1n) is 10.0. The molecule has 5 rings (SSSR count). The summed E-state index contributed by atoms with van der Waals surface area (Å²) in [4.78, 5) is 42.5. The number of ether oxygens (including phenoxy) is 3. The predicted octanol–water partition coefficient (Wildman–Crippen LogP) is 2.45. The third kappa shape index (κ3) is 3.26. The minimum atomic E-state index is -0.624. The van der Waals surface area contributed by atoms with Gasteiger partial charge in [0.05, 0.1) is 31.9 Å². The Morgan fingerprint density at radius 1 is 1.31 bits per heavy atom. The normalized spacial score (nSPS) is 21.2. The zero-order valence-electron chi connectivity index (χ0n) is 17.0. The molecule has 1 N–H and O–H groups in total. The lowest BCUT2D eigenvalue weighted by Gasteiger charge is -2.16. The predicted molar refractivity (Wildman–Crippen MR) is 109 cm³/mol. The molecule has 3 amide bonds. The zero-order valence-corrected chi connectivity index (χ0v) is 17.0. The number of carbonyl (C=O) groups excluding carboxylic acids is 3. The summed E-state index contributed by atoms with van der Waals surface area (Å²) >= 11 is 0. The summed E-state index contributed by atoms with van der Waals surface area (Å²) in [6, 6.07) is 5.98. The van der Waals surface area contributed by atoms with Crippen LogP contribution in [0.3, 0.4) is 0 Å². The summed E-state index contributed by atoms with van der Waals surface area (Å²) in [7, 11) is 1.25. The van der Waals surface area contributed by atoms with Gasteiger partial charge in [0.15, 0.2) is 0 Å². The lowest BCUT2D eigenvalue weighted by molar-refractivity contribution is 0.123. The maximum Gasteiger partial charge on any atom is 0.415 e. The van der Waals surface area contributed by atoms with E-state index >= 15 is 4.39 Å². The van der Waals surface area contributed by atoms with Crippen molar-refractivity contribution in [2.45, 2.75) is 18.6 Å². The van der Waals surface area contributed by atoms with Gasteiger partial charge in [0, 0.05) is 17.3 Å². The standard InChI is InChI=1S/C21H19FN4O6/c1-30-19(27)24-10-17-16-7-12-6-13(14(22)8-15(12)26(16)21(29)32-17)11-2-3-18(23-9-11)25-4-5-31-20(25)28/h2-3,6,8-9,16-17H,4-5,7,10H2,1H3,(H,24,27)/t16-,17-/m0/s1. The zero-order chi connectivity index (χ0) is 22.4. The lowest BCUT2D eigenvalue weighted by Crippen LogP contribution is -2.40. The maximum absolute atomic E-state index is 15.0. The molecule has 10 nitrogen and oxygen atoms in total. The fraction of sp³-hybridized carbons (Fsp3) is 0.333. The van der Waals surface area contributed by atoms with Gasteiger partial charge in [0.25, 0.3) is 0 Å². The molecule has 0 saturated carbocycles. The fourth-order valence-corrected chi connectivity index (χ4v) is 4.25. The first-order valence-corrected chi connectivity index (χ1v) is 10.0. The Morgan fingerprint density at radius 2 is 2.16 bits per heavy atom. The van der Waals surface area contributed by atoms with Crippen LogP contribution in [0.25, 0.3) is 11.1 Å². The molecule has 3 aliphatic rings. The van der Waals surface area contributed by atoms with E-state index in [9.17, 15) is 14.4 Å². The van der Waals surface area contributed by atoms with Gasteiger partial charge in [0.1, 0.15) is 24.3 Å². The number of nitrogens with zero attached hydrogens (tertiary/aromatic N) is 3. The number of rotatable bonds is 4. The highest BCUT2D eigenvalue weighted by atomic mass is 19.1. The maximum atomic E-state index is 15.0. The Hall–Kier alpha value is -3.89. The van der Waals surface area contributed by atoms with Crippen molar-refractivity contribution < 1.29 is 33.0 Å². The molecule has 2 atom stereocenters. The quantitative estimate of drug-likeness (QED) is 0.724. The Bertz CT molecular complexity index is 1110. The number of aromatic nitrogens is 1. The number of hydrogen-bond acceptors (Lipinski definition) is 7. The molecule has 3 aliphatic heterocycles. The van der Waals surface area contributed by atoms with Crippen molar-refractivity contribution in [1.82, 2.24) is 10.3 Å². The molecule has 0 bridgehead atoms. The van der Waals surface area contributed by atoms with Crippen molar-refractivity contribution in [1.29, 1.82) is 0 Å². The number of methoxy groups -OCH3 is 1. The largest absolute Gasteiger partial charge is 0.453 e. The van der Waals surface area contributed by atoms with Gasteiger partial charge in [-0.15, -0.1) is 0 Å². The molecule has 1 aromatic heterocycles.